The highest BCUT2D eigenvalue weighted by molar-refractivity contribution is 7.36. The Kier molecular flexibility index (Phi) is 13.2. The number of rotatable bonds is 17. The standard InChI is InChI=1S/C28H43N6O11P/c1-16(2)43-25(37)17(3)33-46(40)42-14-28(13-29,41-8)23(45-21(36)12-27(6,7)39)22(44-20(35)11-26(4,5)38)18-9-10-19-24(30)31-15-32-34(18)19/h9-10,15-17,22-23,38-39,46H,11-12,14H2,1-8H3,(H,33,40)(H2,30,31,32)/t17-,22-,23-,28+/m0/s1. The van der Waals surface area contributed by atoms with Crippen LogP contribution in [0.5, 0.6) is 0 Å². The largest absolute Gasteiger partial charge is 0.462 e. The average Bonchev–Trinajstić information content (AvgIpc) is 3.35. The fourth-order valence-corrected chi connectivity index (χ4v) is 5.02. The average molecular weight is 671 g/mol. The van der Waals surface area contributed by atoms with Gasteiger partial charge in [0.1, 0.15) is 30.6 Å². The Morgan fingerprint density at radius 2 is 1.65 bits per heavy atom. The van der Waals surface area contributed by atoms with Gasteiger partial charge in [-0.3, -0.25) is 18.9 Å². The van der Waals surface area contributed by atoms with Gasteiger partial charge in [0.2, 0.25) is 5.60 Å². The van der Waals surface area contributed by atoms with Crippen molar-refractivity contribution in [2.45, 2.75) is 102 Å². The minimum absolute atomic E-state index is 0.0433. The predicted molar refractivity (Wildman–Crippen MR) is 162 cm³/mol. The third-order valence-corrected chi connectivity index (χ3v) is 7.29. The third-order valence-electron chi connectivity index (χ3n) is 6.22. The zero-order valence-electron chi connectivity index (χ0n) is 27.1. The van der Waals surface area contributed by atoms with Gasteiger partial charge in [-0.05, 0) is 60.6 Å². The zero-order chi connectivity index (χ0) is 35.0. The highest BCUT2D eigenvalue weighted by Gasteiger charge is 2.51. The molecule has 18 heteroatoms. The molecule has 0 aromatic carbocycles. The molecule has 2 rings (SSSR count). The van der Waals surface area contributed by atoms with Crippen LogP contribution in [0.4, 0.5) is 5.82 Å². The number of nitrogens with zero attached hydrogens (tertiary/aromatic N) is 4. The number of nitrogens with one attached hydrogen (secondary N) is 1. The summed E-state index contributed by atoms with van der Waals surface area (Å²) in [5.41, 5.74) is 0.913. The summed E-state index contributed by atoms with van der Waals surface area (Å²) in [7, 11) is -2.18. The Labute approximate surface area is 267 Å². The maximum Gasteiger partial charge on any atom is 0.323 e. The first-order valence-electron chi connectivity index (χ1n) is 14.2. The van der Waals surface area contributed by atoms with E-state index in [9.17, 15) is 34.4 Å². The number of carbonyl (C=O) groups excluding carboxylic acids is 3. The molecule has 0 fully saturated rings. The van der Waals surface area contributed by atoms with Gasteiger partial charge in [0, 0.05) is 7.11 Å². The van der Waals surface area contributed by atoms with Crippen LogP contribution in [0, 0.1) is 11.3 Å². The number of carbonyl (C=O) groups is 3. The van der Waals surface area contributed by atoms with Crippen LogP contribution in [-0.2, 0) is 42.4 Å². The van der Waals surface area contributed by atoms with Crippen LogP contribution in [0.1, 0.15) is 73.1 Å². The van der Waals surface area contributed by atoms with Crippen molar-refractivity contribution in [3.05, 3.63) is 24.2 Å². The van der Waals surface area contributed by atoms with Gasteiger partial charge in [0.05, 0.1) is 35.8 Å². The Bertz CT molecular complexity index is 1450. The third kappa shape index (κ3) is 11.0. The second-order valence-corrected chi connectivity index (χ2v) is 13.3. The van der Waals surface area contributed by atoms with Gasteiger partial charge in [0.25, 0.3) is 8.18 Å². The molecule has 0 bridgehead atoms. The van der Waals surface area contributed by atoms with E-state index in [0.29, 0.717) is 0 Å². The highest BCUT2D eigenvalue weighted by atomic mass is 31.1. The topological polar surface area (TPSA) is 247 Å². The van der Waals surface area contributed by atoms with E-state index < -0.39 is 86.7 Å². The van der Waals surface area contributed by atoms with E-state index in [1.54, 1.807) is 13.8 Å². The van der Waals surface area contributed by atoms with Gasteiger partial charge in [-0.15, -0.1) is 0 Å². The van der Waals surface area contributed by atoms with Crippen molar-refractivity contribution in [2.75, 3.05) is 19.5 Å². The summed E-state index contributed by atoms with van der Waals surface area (Å²) in [6, 6.07) is 3.75. The van der Waals surface area contributed by atoms with Crippen molar-refractivity contribution in [3.8, 4) is 6.07 Å². The number of fused-ring (bicyclic) bond motifs is 1. The molecule has 0 aliphatic rings. The second kappa shape index (κ2) is 15.8. The first-order chi connectivity index (χ1) is 21.2. The molecule has 0 radical (unpaired) electrons. The van der Waals surface area contributed by atoms with E-state index in [0.717, 1.165) is 13.4 Å². The highest BCUT2D eigenvalue weighted by Crippen LogP contribution is 2.37. The van der Waals surface area contributed by atoms with Gasteiger partial charge >= 0.3 is 17.9 Å². The molecule has 5 N–H and O–H groups in total. The minimum atomic E-state index is -3.27. The molecule has 0 aliphatic heterocycles. The number of nitriles is 1. The van der Waals surface area contributed by atoms with E-state index in [1.807, 2.05) is 6.07 Å². The van der Waals surface area contributed by atoms with Gasteiger partial charge < -0.3 is 39.4 Å². The maximum atomic E-state index is 13.2. The van der Waals surface area contributed by atoms with Crippen LogP contribution < -0.4 is 10.8 Å². The Morgan fingerprint density at radius 1 is 1.07 bits per heavy atom. The molecule has 0 aliphatic carbocycles. The monoisotopic (exact) mass is 670 g/mol. The molecule has 2 aromatic heterocycles. The molecule has 17 nitrogen and oxygen atoms in total. The quantitative estimate of drug-likeness (QED) is 0.105. The van der Waals surface area contributed by atoms with Gasteiger partial charge in [0.15, 0.2) is 18.0 Å². The zero-order valence-corrected chi connectivity index (χ0v) is 28.1. The second-order valence-electron chi connectivity index (χ2n) is 12.1. The van der Waals surface area contributed by atoms with E-state index >= 15 is 0 Å². The molecule has 1 unspecified atom stereocenters. The van der Waals surface area contributed by atoms with E-state index in [2.05, 4.69) is 15.2 Å². The van der Waals surface area contributed by atoms with Crippen LogP contribution >= 0.6 is 8.18 Å². The number of hydrogen-bond donors (Lipinski definition) is 4. The molecular formula is C28H43N6O11P. The first-order valence-corrected chi connectivity index (χ1v) is 15.6. The lowest BCUT2D eigenvalue weighted by atomic mass is 9.92. The van der Waals surface area contributed by atoms with Crippen LogP contribution in [-0.4, -0.2) is 91.5 Å². The summed E-state index contributed by atoms with van der Waals surface area (Å²) in [6.45, 7) is 9.29. The maximum absolute atomic E-state index is 13.2. The Balaban J connectivity index is 2.64. The number of esters is 3. The number of hydrogen-bond acceptors (Lipinski definition) is 15. The van der Waals surface area contributed by atoms with Crippen molar-refractivity contribution in [2.24, 2.45) is 0 Å². The van der Waals surface area contributed by atoms with Crippen molar-refractivity contribution >= 4 is 37.4 Å². The molecule has 0 spiro atoms. The Hall–Kier alpha value is -3.65. The van der Waals surface area contributed by atoms with Crippen molar-refractivity contribution in [1.29, 1.82) is 5.26 Å². The van der Waals surface area contributed by atoms with Gasteiger partial charge in [-0.25, -0.2) is 14.6 Å². The number of aromatic nitrogens is 3. The number of nitrogens with two attached hydrogens (primary N) is 1. The first kappa shape index (κ1) is 38.5. The SMILES string of the molecule is CO[C@](C#N)(CO[PH](=O)N[C@@H](C)C(=O)OC(C)C)[C@@H](OC(=O)CC(C)(C)O)[C@@H](OC(=O)CC(C)(C)O)c1ccc2c(N)ncnn12. The molecular weight excluding hydrogens is 627 g/mol. The summed E-state index contributed by atoms with van der Waals surface area (Å²) < 4.78 is 41.7. The fraction of sp³-hybridized carbons (Fsp3) is 0.643. The van der Waals surface area contributed by atoms with Gasteiger partial charge in [-0.1, -0.05) is 0 Å². The summed E-state index contributed by atoms with van der Waals surface area (Å²) in [4.78, 5) is 42.4. The molecule has 5 atom stereocenters. The smallest absolute Gasteiger partial charge is 0.323 e. The number of nitrogen functional groups attached to an aromatic ring is 1. The lowest BCUT2D eigenvalue weighted by molar-refractivity contribution is -0.197. The molecule has 46 heavy (non-hydrogen) atoms. The summed E-state index contributed by atoms with van der Waals surface area (Å²) >= 11 is 0. The molecule has 256 valence electrons. The van der Waals surface area contributed by atoms with Crippen LogP contribution in [0.2, 0.25) is 0 Å². The number of methoxy groups -OCH3 is 1. The molecule has 0 amide bonds. The predicted octanol–water partition coefficient (Wildman–Crippen LogP) is 1.37. The molecule has 0 saturated carbocycles. The molecule has 2 heterocycles. The van der Waals surface area contributed by atoms with Crippen molar-refractivity contribution < 1.29 is 52.6 Å². The summed E-state index contributed by atoms with van der Waals surface area (Å²) in [6.07, 6.45) is -3.93. The number of aliphatic hydroxyl groups is 2. The molecule has 2 aromatic rings. The minimum Gasteiger partial charge on any atom is -0.462 e. The number of ether oxygens (including phenoxy) is 4. The van der Waals surface area contributed by atoms with Crippen LogP contribution in [0.3, 0.4) is 0 Å². The lowest BCUT2D eigenvalue weighted by Gasteiger charge is -2.37. The summed E-state index contributed by atoms with van der Waals surface area (Å²) in [5, 5.41) is 37.7. The lowest BCUT2D eigenvalue weighted by Crippen LogP contribution is -2.53. The van der Waals surface area contributed by atoms with Crippen molar-refractivity contribution in [3.63, 3.8) is 0 Å². The number of anilines is 1. The van der Waals surface area contributed by atoms with Crippen molar-refractivity contribution in [1.82, 2.24) is 19.7 Å². The fourth-order valence-electron chi connectivity index (χ4n) is 4.12. The van der Waals surface area contributed by atoms with E-state index in [4.69, 9.17) is 29.2 Å². The Morgan fingerprint density at radius 3 is 2.17 bits per heavy atom. The van der Waals surface area contributed by atoms with E-state index in [1.165, 1.54) is 51.3 Å². The van der Waals surface area contributed by atoms with Crippen LogP contribution in [0.25, 0.3) is 5.52 Å². The van der Waals surface area contributed by atoms with Crippen LogP contribution in [0.15, 0.2) is 18.5 Å². The van der Waals surface area contributed by atoms with Gasteiger partial charge in [-0.2, -0.15) is 10.4 Å². The molecule has 0 saturated heterocycles. The normalized spacial score (nSPS) is 16.1. The van der Waals surface area contributed by atoms with E-state index in [-0.39, 0.29) is 17.0 Å². The summed E-state index contributed by atoms with van der Waals surface area (Å²) in [5.74, 6) is -2.64.